The van der Waals surface area contributed by atoms with Crippen LogP contribution in [0.1, 0.15) is 18.4 Å². The first-order valence-electron chi connectivity index (χ1n) is 5.91. The van der Waals surface area contributed by atoms with Gasteiger partial charge in [0, 0.05) is 18.1 Å². The van der Waals surface area contributed by atoms with Crippen molar-refractivity contribution in [1.82, 2.24) is 10.2 Å². The van der Waals surface area contributed by atoms with Crippen molar-refractivity contribution in [2.75, 3.05) is 13.6 Å². The van der Waals surface area contributed by atoms with E-state index < -0.39 is 0 Å². The topological polar surface area (TPSA) is 32.3 Å². The summed E-state index contributed by atoms with van der Waals surface area (Å²) in [6.45, 7) is 1.83. The number of hydrogen-bond donors (Lipinski definition) is 1. The Morgan fingerprint density at radius 1 is 1.53 bits per heavy atom. The van der Waals surface area contributed by atoms with Gasteiger partial charge in [-0.1, -0.05) is 34.1 Å². The van der Waals surface area contributed by atoms with E-state index in [1.165, 1.54) is 5.56 Å². The molecule has 1 heterocycles. The smallest absolute Gasteiger partial charge is 0.237 e. The first kappa shape index (κ1) is 12.6. The molecule has 1 aromatic carbocycles. The summed E-state index contributed by atoms with van der Waals surface area (Å²) < 4.78 is 1.11. The molecule has 1 atom stereocenters. The molecule has 0 saturated carbocycles. The highest BCUT2D eigenvalue weighted by Crippen LogP contribution is 2.23. The number of halogens is 1. The van der Waals surface area contributed by atoms with Crippen molar-refractivity contribution < 1.29 is 4.79 Å². The molecule has 0 aromatic heterocycles. The van der Waals surface area contributed by atoms with Crippen molar-refractivity contribution in [2.24, 2.45) is 0 Å². The molecule has 0 radical (unpaired) electrons. The zero-order valence-electron chi connectivity index (χ0n) is 9.95. The number of likely N-dealkylation sites (tertiary alicyclic amines) is 1. The minimum absolute atomic E-state index is 0.0344. The fraction of sp³-hybridized carbons (Fsp3) is 0.462. The fourth-order valence-electron chi connectivity index (χ4n) is 2.32. The van der Waals surface area contributed by atoms with Crippen LogP contribution in [0.25, 0.3) is 0 Å². The lowest BCUT2D eigenvalue weighted by molar-refractivity contribution is -0.125. The minimum atomic E-state index is 0.0344. The number of benzene rings is 1. The number of hydrogen-bond acceptors (Lipinski definition) is 2. The highest BCUT2D eigenvalue weighted by Gasteiger charge is 2.29. The number of rotatable bonds is 3. The van der Waals surface area contributed by atoms with Crippen molar-refractivity contribution in [1.29, 1.82) is 0 Å². The summed E-state index contributed by atoms with van der Waals surface area (Å²) in [5.41, 5.74) is 1.24. The molecule has 1 fully saturated rings. The van der Waals surface area contributed by atoms with Gasteiger partial charge in [-0.05, 0) is 31.0 Å². The van der Waals surface area contributed by atoms with Crippen LogP contribution in [0.5, 0.6) is 0 Å². The molecule has 1 amide bonds. The highest BCUT2D eigenvalue weighted by molar-refractivity contribution is 9.10. The fourth-order valence-corrected chi connectivity index (χ4v) is 2.73. The van der Waals surface area contributed by atoms with Crippen LogP contribution in [-0.4, -0.2) is 30.4 Å². The van der Waals surface area contributed by atoms with Crippen LogP contribution < -0.4 is 5.32 Å². The minimum Gasteiger partial charge on any atom is -0.358 e. The summed E-state index contributed by atoms with van der Waals surface area (Å²) in [4.78, 5) is 14.0. The first-order valence-corrected chi connectivity index (χ1v) is 6.70. The number of nitrogens with one attached hydrogen (secondary N) is 1. The van der Waals surface area contributed by atoms with E-state index in [-0.39, 0.29) is 11.9 Å². The van der Waals surface area contributed by atoms with Gasteiger partial charge in [-0.2, -0.15) is 0 Å². The zero-order chi connectivity index (χ0) is 12.3. The lowest BCUT2D eigenvalue weighted by atomic mass is 10.1. The molecule has 3 nitrogen and oxygen atoms in total. The summed E-state index contributed by atoms with van der Waals surface area (Å²) in [5, 5.41) is 2.74. The van der Waals surface area contributed by atoms with E-state index in [2.05, 4.69) is 32.2 Å². The Labute approximate surface area is 110 Å². The van der Waals surface area contributed by atoms with Crippen LogP contribution >= 0.6 is 15.9 Å². The summed E-state index contributed by atoms with van der Waals surface area (Å²) in [5.74, 6) is 0.134. The molecule has 1 N–H and O–H groups in total. The summed E-state index contributed by atoms with van der Waals surface area (Å²) >= 11 is 3.55. The molecular weight excluding hydrogens is 280 g/mol. The quantitative estimate of drug-likeness (QED) is 0.927. The van der Waals surface area contributed by atoms with Gasteiger partial charge in [-0.3, -0.25) is 9.69 Å². The van der Waals surface area contributed by atoms with Crippen molar-refractivity contribution in [3.63, 3.8) is 0 Å². The lowest BCUT2D eigenvalue weighted by Crippen LogP contribution is -2.41. The maximum Gasteiger partial charge on any atom is 0.237 e. The molecule has 0 aliphatic carbocycles. The predicted molar refractivity (Wildman–Crippen MR) is 71.6 cm³/mol. The van der Waals surface area contributed by atoms with Gasteiger partial charge in [-0.25, -0.2) is 0 Å². The predicted octanol–water partition coefficient (Wildman–Crippen LogP) is 2.16. The van der Waals surface area contributed by atoms with Crippen molar-refractivity contribution in [3.05, 3.63) is 34.3 Å². The van der Waals surface area contributed by atoms with E-state index in [4.69, 9.17) is 0 Å². The highest BCUT2D eigenvalue weighted by atomic mass is 79.9. The molecule has 1 unspecified atom stereocenters. The molecule has 1 aromatic rings. The van der Waals surface area contributed by atoms with Crippen molar-refractivity contribution in [3.8, 4) is 0 Å². The molecule has 1 aliphatic heterocycles. The second-order valence-corrected chi connectivity index (χ2v) is 5.19. The lowest BCUT2D eigenvalue weighted by Gasteiger charge is -2.23. The van der Waals surface area contributed by atoms with E-state index in [1.807, 2.05) is 18.2 Å². The van der Waals surface area contributed by atoms with Crippen LogP contribution in [0.4, 0.5) is 0 Å². The van der Waals surface area contributed by atoms with Crippen LogP contribution in [-0.2, 0) is 11.3 Å². The standard InChI is InChI=1S/C13H17BrN2O/c1-15-13(17)12-7-4-8-16(12)9-10-5-2-3-6-11(10)14/h2-3,5-6,12H,4,7-9H2,1H3,(H,15,17). The van der Waals surface area contributed by atoms with Crippen LogP contribution in [0.3, 0.4) is 0 Å². The molecule has 1 saturated heterocycles. The first-order chi connectivity index (χ1) is 8.22. The van der Waals surface area contributed by atoms with E-state index in [0.717, 1.165) is 30.4 Å². The second kappa shape index (κ2) is 5.65. The molecule has 0 bridgehead atoms. The third-order valence-electron chi connectivity index (χ3n) is 3.24. The molecule has 4 heteroatoms. The maximum absolute atomic E-state index is 11.7. The largest absolute Gasteiger partial charge is 0.358 e. The van der Waals surface area contributed by atoms with Crippen molar-refractivity contribution in [2.45, 2.75) is 25.4 Å². The van der Waals surface area contributed by atoms with Gasteiger partial charge in [0.25, 0.3) is 0 Å². The summed E-state index contributed by atoms with van der Waals surface area (Å²) in [7, 11) is 1.71. The Kier molecular flexibility index (Phi) is 4.18. The van der Waals surface area contributed by atoms with Crippen LogP contribution in [0.2, 0.25) is 0 Å². The number of carbonyl (C=O) groups excluding carboxylic acids is 1. The summed E-state index contributed by atoms with van der Waals surface area (Å²) in [6.07, 6.45) is 2.06. The van der Waals surface area contributed by atoms with Gasteiger partial charge in [0.1, 0.15) is 0 Å². The Morgan fingerprint density at radius 2 is 2.29 bits per heavy atom. The zero-order valence-corrected chi connectivity index (χ0v) is 11.5. The number of amides is 1. The van der Waals surface area contributed by atoms with Gasteiger partial charge in [0.15, 0.2) is 0 Å². The average molecular weight is 297 g/mol. The maximum atomic E-state index is 11.7. The molecule has 1 aliphatic rings. The molecule has 92 valence electrons. The second-order valence-electron chi connectivity index (χ2n) is 4.33. The van der Waals surface area contributed by atoms with Gasteiger partial charge < -0.3 is 5.32 Å². The SMILES string of the molecule is CNC(=O)C1CCCN1Cc1ccccc1Br. The van der Waals surface area contributed by atoms with Crippen LogP contribution in [0, 0.1) is 0 Å². The number of likely N-dealkylation sites (N-methyl/N-ethyl adjacent to an activating group) is 1. The van der Waals surface area contributed by atoms with Crippen LogP contribution in [0.15, 0.2) is 28.7 Å². The van der Waals surface area contributed by atoms with Gasteiger partial charge in [0.05, 0.1) is 6.04 Å². The van der Waals surface area contributed by atoms with E-state index in [0.29, 0.717) is 0 Å². The van der Waals surface area contributed by atoms with E-state index in [1.54, 1.807) is 7.05 Å². The Morgan fingerprint density at radius 3 is 3.00 bits per heavy atom. The Balaban J connectivity index is 2.08. The van der Waals surface area contributed by atoms with Crippen molar-refractivity contribution >= 4 is 21.8 Å². The number of nitrogens with zero attached hydrogens (tertiary/aromatic N) is 1. The Hall–Kier alpha value is -0.870. The van der Waals surface area contributed by atoms with E-state index in [9.17, 15) is 4.79 Å². The average Bonchev–Trinajstić information content (AvgIpc) is 2.79. The van der Waals surface area contributed by atoms with E-state index >= 15 is 0 Å². The van der Waals surface area contributed by atoms with Gasteiger partial charge in [0.2, 0.25) is 5.91 Å². The molecule has 17 heavy (non-hydrogen) atoms. The monoisotopic (exact) mass is 296 g/mol. The normalized spacial score (nSPS) is 20.5. The third kappa shape index (κ3) is 2.87. The summed E-state index contributed by atoms with van der Waals surface area (Å²) in [6, 6.07) is 8.22. The van der Waals surface area contributed by atoms with Gasteiger partial charge in [-0.15, -0.1) is 0 Å². The molecular formula is C13H17BrN2O. The third-order valence-corrected chi connectivity index (χ3v) is 4.02. The number of carbonyl (C=O) groups is 1. The van der Waals surface area contributed by atoms with Gasteiger partial charge >= 0.3 is 0 Å². The molecule has 0 spiro atoms. The molecule has 2 rings (SSSR count). The Bertz CT molecular complexity index is 408.